The van der Waals surface area contributed by atoms with Gasteiger partial charge in [-0.3, -0.25) is 4.79 Å². The maximum atomic E-state index is 13.0. The molecule has 0 unspecified atom stereocenters. The molecule has 1 N–H and O–H groups in total. The molecule has 7 heteroatoms. The highest BCUT2D eigenvalue weighted by Crippen LogP contribution is 2.40. The van der Waals surface area contributed by atoms with Crippen molar-refractivity contribution in [2.24, 2.45) is 5.92 Å². The van der Waals surface area contributed by atoms with E-state index in [1.54, 1.807) is 4.68 Å². The normalized spacial score (nSPS) is 18.1. The topological polar surface area (TPSA) is 63.1 Å². The Morgan fingerprint density at radius 2 is 1.96 bits per heavy atom. The van der Waals surface area contributed by atoms with Crippen molar-refractivity contribution in [3.05, 3.63) is 40.9 Å². The minimum Gasteiger partial charge on any atom is -0.336 e. The zero-order valence-corrected chi connectivity index (χ0v) is 16.5. The number of aromatic nitrogens is 3. The number of amides is 1. The van der Waals surface area contributed by atoms with Gasteiger partial charge in [-0.1, -0.05) is 23.7 Å². The summed E-state index contributed by atoms with van der Waals surface area (Å²) in [6.07, 6.45) is 5.45. The van der Waals surface area contributed by atoms with Crippen molar-refractivity contribution in [3.8, 4) is 5.69 Å². The number of benzene rings is 1. The Labute approximate surface area is 164 Å². The Kier molecular flexibility index (Phi) is 5.45. The van der Waals surface area contributed by atoms with Crippen molar-refractivity contribution >= 4 is 17.5 Å². The van der Waals surface area contributed by atoms with Crippen LogP contribution in [0.1, 0.15) is 54.5 Å². The summed E-state index contributed by atoms with van der Waals surface area (Å²) in [4.78, 5) is 19.5. The lowest BCUT2D eigenvalue weighted by Crippen LogP contribution is -2.39. The summed E-state index contributed by atoms with van der Waals surface area (Å²) in [7, 11) is 1.98. The quantitative estimate of drug-likeness (QED) is 0.826. The third-order valence-electron chi connectivity index (χ3n) is 5.55. The molecule has 1 aromatic carbocycles. The van der Waals surface area contributed by atoms with Crippen LogP contribution in [0.2, 0.25) is 5.02 Å². The lowest BCUT2D eigenvalue weighted by Gasteiger charge is -2.31. The number of halogens is 1. The molecule has 1 saturated carbocycles. The minimum absolute atomic E-state index is 0.0604. The van der Waals surface area contributed by atoms with E-state index in [1.807, 2.05) is 36.2 Å². The Morgan fingerprint density at radius 1 is 1.22 bits per heavy atom. The highest BCUT2D eigenvalue weighted by molar-refractivity contribution is 6.32. The van der Waals surface area contributed by atoms with E-state index in [9.17, 15) is 4.79 Å². The molecule has 6 nitrogen and oxygen atoms in total. The fourth-order valence-corrected chi connectivity index (χ4v) is 3.95. The number of nitrogens with one attached hydrogen (secondary N) is 1. The molecule has 0 radical (unpaired) electrons. The first-order chi connectivity index (χ1) is 13.2. The highest BCUT2D eigenvalue weighted by Gasteiger charge is 2.33. The molecule has 1 aliphatic heterocycles. The molecule has 1 aliphatic carbocycles. The Bertz CT molecular complexity index is 808. The maximum absolute atomic E-state index is 13.0. The maximum Gasteiger partial charge on any atom is 0.293 e. The van der Waals surface area contributed by atoms with Gasteiger partial charge < -0.3 is 10.2 Å². The van der Waals surface area contributed by atoms with Gasteiger partial charge in [-0.05, 0) is 63.7 Å². The molecule has 1 saturated heterocycles. The summed E-state index contributed by atoms with van der Waals surface area (Å²) in [5.41, 5.74) is 0.790. The summed E-state index contributed by atoms with van der Waals surface area (Å²) in [5, 5.41) is 8.39. The SMILES string of the molecule is CNCCC1CCN(C(=O)c2nc(C3CC3)n(-c3ccccc3Cl)n2)CC1. The summed E-state index contributed by atoms with van der Waals surface area (Å²) in [6, 6.07) is 7.58. The van der Waals surface area contributed by atoms with Crippen molar-refractivity contribution in [1.82, 2.24) is 25.0 Å². The van der Waals surface area contributed by atoms with E-state index in [0.717, 1.165) is 56.8 Å². The number of piperidine rings is 1. The fourth-order valence-electron chi connectivity index (χ4n) is 3.74. The van der Waals surface area contributed by atoms with E-state index < -0.39 is 0 Å². The van der Waals surface area contributed by atoms with Crippen LogP contribution in [0.3, 0.4) is 0 Å². The Hall–Kier alpha value is -1.92. The van der Waals surface area contributed by atoms with Gasteiger partial charge in [0.1, 0.15) is 5.82 Å². The standard InChI is InChI=1S/C20H26ClN5O/c1-22-11-8-14-9-12-25(13-10-14)20(27)18-23-19(15-6-7-15)26(24-18)17-5-3-2-4-16(17)21/h2-5,14-15,22H,6-13H2,1H3. The molecule has 2 fully saturated rings. The third kappa shape index (κ3) is 4.01. The molecule has 27 heavy (non-hydrogen) atoms. The third-order valence-corrected chi connectivity index (χ3v) is 5.87. The number of para-hydroxylation sites is 1. The molecule has 144 valence electrons. The largest absolute Gasteiger partial charge is 0.336 e. The van der Waals surface area contributed by atoms with Crippen LogP contribution >= 0.6 is 11.6 Å². The lowest BCUT2D eigenvalue weighted by atomic mass is 9.93. The van der Waals surface area contributed by atoms with E-state index in [2.05, 4.69) is 15.4 Å². The average Bonchev–Trinajstić information content (AvgIpc) is 3.45. The summed E-state index contributed by atoms with van der Waals surface area (Å²) in [5.74, 6) is 2.16. The van der Waals surface area contributed by atoms with Crippen molar-refractivity contribution in [1.29, 1.82) is 0 Å². The van der Waals surface area contributed by atoms with Crippen molar-refractivity contribution in [3.63, 3.8) is 0 Å². The second kappa shape index (κ2) is 7.98. The van der Waals surface area contributed by atoms with E-state index in [0.29, 0.717) is 22.7 Å². The van der Waals surface area contributed by atoms with Crippen LogP contribution in [0.5, 0.6) is 0 Å². The Morgan fingerprint density at radius 3 is 2.63 bits per heavy atom. The zero-order valence-electron chi connectivity index (χ0n) is 15.7. The summed E-state index contributed by atoms with van der Waals surface area (Å²) in [6.45, 7) is 2.60. The predicted molar refractivity (Wildman–Crippen MR) is 106 cm³/mol. The van der Waals surface area contributed by atoms with Crippen LogP contribution in [0.15, 0.2) is 24.3 Å². The number of carbonyl (C=O) groups excluding carboxylic acids is 1. The van der Waals surface area contributed by atoms with E-state index in [1.165, 1.54) is 6.42 Å². The predicted octanol–water partition coefficient (Wildman–Crippen LogP) is 3.26. The van der Waals surface area contributed by atoms with Crippen LogP contribution in [-0.4, -0.2) is 52.3 Å². The molecule has 2 aromatic rings. The van der Waals surface area contributed by atoms with Crippen LogP contribution in [-0.2, 0) is 0 Å². The van der Waals surface area contributed by atoms with Crippen molar-refractivity contribution in [2.45, 2.75) is 38.0 Å². The van der Waals surface area contributed by atoms with Crippen LogP contribution in [0.25, 0.3) is 5.69 Å². The number of hydrogen-bond acceptors (Lipinski definition) is 4. The molecular weight excluding hydrogens is 362 g/mol. The molecule has 2 heterocycles. The molecule has 1 aromatic heterocycles. The van der Waals surface area contributed by atoms with Crippen molar-refractivity contribution in [2.75, 3.05) is 26.7 Å². The van der Waals surface area contributed by atoms with Gasteiger partial charge in [0.15, 0.2) is 0 Å². The zero-order chi connectivity index (χ0) is 18.8. The molecule has 0 atom stereocenters. The lowest BCUT2D eigenvalue weighted by molar-refractivity contribution is 0.0675. The van der Waals surface area contributed by atoms with Gasteiger partial charge in [-0.2, -0.15) is 0 Å². The highest BCUT2D eigenvalue weighted by atomic mass is 35.5. The molecule has 0 spiro atoms. The number of hydrogen-bond donors (Lipinski definition) is 1. The fraction of sp³-hybridized carbons (Fsp3) is 0.550. The van der Waals surface area contributed by atoms with Gasteiger partial charge in [0.05, 0.1) is 10.7 Å². The smallest absolute Gasteiger partial charge is 0.293 e. The van der Waals surface area contributed by atoms with Crippen LogP contribution in [0, 0.1) is 5.92 Å². The number of nitrogens with zero attached hydrogens (tertiary/aromatic N) is 4. The van der Waals surface area contributed by atoms with Gasteiger partial charge in [0.25, 0.3) is 5.91 Å². The van der Waals surface area contributed by atoms with Gasteiger partial charge in [-0.15, -0.1) is 5.10 Å². The van der Waals surface area contributed by atoms with Gasteiger partial charge in [-0.25, -0.2) is 9.67 Å². The van der Waals surface area contributed by atoms with Gasteiger partial charge in [0, 0.05) is 19.0 Å². The number of likely N-dealkylation sites (tertiary alicyclic amines) is 1. The molecule has 2 aliphatic rings. The van der Waals surface area contributed by atoms with Crippen LogP contribution in [0.4, 0.5) is 0 Å². The summed E-state index contributed by atoms with van der Waals surface area (Å²) >= 11 is 6.36. The second-order valence-corrected chi connectivity index (χ2v) is 7.97. The summed E-state index contributed by atoms with van der Waals surface area (Å²) < 4.78 is 1.77. The van der Waals surface area contributed by atoms with Gasteiger partial charge >= 0.3 is 0 Å². The first kappa shape index (κ1) is 18.4. The van der Waals surface area contributed by atoms with E-state index in [4.69, 9.17) is 11.6 Å². The molecular formula is C20H26ClN5O. The second-order valence-electron chi connectivity index (χ2n) is 7.56. The number of rotatable bonds is 6. The monoisotopic (exact) mass is 387 g/mol. The van der Waals surface area contributed by atoms with Crippen molar-refractivity contribution < 1.29 is 4.79 Å². The molecule has 4 rings (SSSR count). The molecule has 1 amide bonds. The van der Waals surface area contributed by atoms with E-state index in [-0.39, 0.29) is 5.91 Å². The number of carbonyl (C=O) groups is 1. The Balaban J connectivity index is 1.52. The first-order valence-electron chi connectivity index (χ1n) is 9.83. The van der Waals surface area contributed by atoms with Crippen LogP contribution < -0.4 is 5.32 Å². The molecule has 0 bridgehead atoms. The first-order valence-corrected chi connectivity index (χ1v) is 10.2. The van der Waals surface area contributed by atoms with Gasteiger partial charge in [0.2, 0.25) is 5.82 Å². The van der Waals surface area contributed by atoms with E-state index >= 15 is 0 Å². The average molecular weight is 388 g/mol. The minimum atomic E-state index is -0.0604.